The molecule has 0 spiro atoms. The van der Waals surface area contributed by atoms with Crippen molar-refractivity contribution >= 4 is 52.5 Å². The van der Waals surface area contributed by atoms with E-state index in [-0.39, 0.29) is 6.10 Å². The number of allylic oxidation sites excluding steroid dienone is 1. The number of hydrogen-bond donors (Lipinski definition) is 0. The zero-order valence-electron chi connectivity index (χ0n) is 15.4. The van der Waals surface area contributed by atoms with E-state index in [0.29, 0.717) is 0 Å². The summed E-state index contributed by atoms with van der Waals surface area (Å²) in [5.74, 6) is 0. The van der Waals surface area contributed by atoms with Gasteiger partial charge in [0, 0.05) is 0 Å². The Morgan fingerprint density at radius 3 is 2.54 bits per heavy atom. The van der Waals surface area contributed by atoms with Crippen LogP contribution in [0.25, 0.3) is 10.2 Å². The fourth-order valence-electron chi connectivity index (χ4n) is 3.08. The molecule has 5 heteroatoms. The lowest BCUT2D eigenvalue weighted by atomic mass is 10.1. The Labute approximate surface area is 165 Å². The van der Waals surface area contributed by atoms with Gasteiger partial charge in [-0.2, -0.15) is 0 Å². The molecule has 0 saturated carbocycles. The van der Waals surface area contributed by atoms with Crippen LogP contribution in [0.2, 0.25) is 18.1 Å². The second-order valence-corrected chi connectivity index (χ2v) is 14.0. The van der Waals surface area contributed by atoms with Gasteiger partial charge in [-0.05, 0) is 82.3 Å². The summed E-state index contributed by atoms with van der Waals surface area (Å²) in [7, 11) is -1.65. The minimum Gasteiger partial charge on any atom is -0.410 e. The average molecular weight is 473 g/mol. The molecule has 1 heterocycles. The summed E-state index contributed by atoms with van der Waals surface area (Å²) < 4.78 is 9.43. The van der Waals surface area contributed by atoms with E-state index in [1.54, 1.807) is 11.3 Å². The number of fused-ring (bicyclic) bond motifs is 1. The van der Waals surface area contributed by atoms with Crippen LogP contribution in [0.15, 0.2) is 27.9 Å². The Balaban J connectivity index is 2.37. The molecule has 0 aliphatic carbocycles. The van der Waals surface area contributed by atoms with Crippen molar-refractivity contribution in [2.75, 3.05) is 0 Å². The molecule has 0 radical (unpaired) electrons. The van der Waals surface area contributed by atoms with Gasteiger partial charge in [-0.3, -0.25) is 0 Å². The quantitative estimate of drug-likeness (QED) is 0.294. The molecule has 0 N–H and O–H groups in total. The zero-order valence-corrected chi connectivity index (χ0v) is 19.3. The topological polar surface area (TPSA) is 22.1 Å². The van der Waals surface area contributed by atoms with Gasteiger partial charge in [0.15, 0.2) is 8.32 Å². The maximum absolute atomic E-state index is 6.84. The van der Waals surface area contributed by atoms with Crippen molar-refractivity contribution in [3.8, 4) is 0 Å². The highest BCUT2D eigenvalue weighted by Gasteiger charge is 2.32. The van der Waals surface area contributed by atoms with E-state index in [2.05, 4.69) is 86.5 Å². The molecule has 0 fully saturated rings. The van der Waals surface area contributed by atoms with E-state index in [1.807, 2.05) is 0 Å². The van der Waals surface area contributed by atoms with Crippen LogP contribution in [0.1, 0.15) is 50.8 Å². The van der Waals surface area contributed by atoms with Gasteiger partial charge in [0.2, 0.25) is 0 Å². The third-order valence-electron chi connectivity index (χ3n) is 4.83. The van der Waals surface area contributed by atoms with Gasteiger partial charge in [0.05, 0.1) is 21.3 Å². The molecule has 0 bridgehead atoms. The van der Waals surface area contributed by atoms with Crippen LogP contribution in [0.4, 0.5) is 0 Å². The number of hydrogen-bond acceptors (Lipinski definition) is 3. The third kappa shape index (κ3) is 4.90. The number of rotatable bonds is 8. The molecule has 2 nitrogen and oxygen atoms in total. The van der Waals surface area contributed by atoms with Crippen LogP contribution >= 0.6 is 33.9 Å². The lowest BCUT2D eigenvalue weighted by Crippen LogP contribution is -2.37. The molecule has 1 aromatic heterocycles. The molecule has 1 aromatic carbocycles. The van der Waals surface area contributed by atoms with Crippen LogP contribution in [0, 0.1) is 6.92 Å². The van der Waals surface area contributed by atoms with E-state index < -0.39 is 8.32 Å². The van der Waals surface area contributed by atoms with Gasteiger partial charge in [-0.1, -0.05) is 32.9 Å². The summed E-state index contributed by atoms with van der Waals surface area (Å²) in [5, 5.41) is 1.13. The highest BCUT2D eigenvalue weighted by atomic mass is 127. The molecule has 2 aromatic rings. The van der Waals surface area contributed by atoms with E-state index >= 15 is 0 Å². The van der Waals surface area contributed by atoms with Crippen molar-refractivity contribution in [2.45, 2.75) is 65.3 Å². The van der Waals surface area contributed by atoms with Gasteiger partial charge < -0.3 is 4.43 Å². The monoisotopic (exact) mass is 473 g/mol. The number of benzene rings is 1. The summed E-state index contributed by atoms with van der Waals surface area (Å²) in [6, 6.07) is 10.2. The number of aryl methyl sites for hydroxylation is 1. The molecular weight excluding hydrogens is 445 g/mol. The largest absolute Gasteiger partial charge is 0.410 e. The molecule has 0 aliphatic heterocycles. The molecule has 24 heavy (non-hydrogen) atoms. The Hall–Kier alpha value is -0.243. The summed E-state index contributed by atoms with van der Waals surface area (Å²) >= 11 is 4.15. The Morgan fingerprint density at radius 2 is 1.96 bits per heavy atom. The lowest BCUT2D eigenvalue weighted by Gasteiger charge is -2.33. The molecular formula is C19H28INOSSi. The van der Waals surface area contributed by atoms with Gasteiger partial charge >= 0.3 is 0 Å². The first-order chi connectivity index (χ1) is 11.4. The number of thiazole rings is 1. The number of nitrogens with zero attached hydrogens (tertiary/aromatic N) is 1. The fraction of sp³-hybridized carbons (Fsp3) is 0.526. The second kappa shape index (κ2) is 8.92. The van der Waals surface area contributed by atoms with Crippen molar-refractivity contribution in [3.63, 3.8) is 0 Å². The van der Waals surface area contributed by atoms with Crippen molar-refractivity contribution < 1.29 is 4.43 Å². The molecule has 1 atom stereocenters. The minimum atomic E-state index is -1.65. The predicted octanol–water partition coefficient (Wildman–Crippen LogP) is 7.40. The SMILES string of the molecule is CC[Si](CC)(CC)O[C@@H](CC=C(C)I)c1ccc2sc(C)nc2c1. The van der Waals surface area contributed by atoms with Crippen LogP contribution in [-0.2, 0) is 4.43 Å². The third-order valence-corrected chi connectivity index (χ3v) is 10.9. The zero-order chi connectivity index (χ0) is 17.7. The van der Waals surface area contributed by atoms with Crippen molar-refractivity contribution in [1.29, 1.82) is 0 Å². The molecule has 0 saturated heterocycles. The van der Waals surface area contributed by atoms with Crippen LogP contribution in [0.5, 0.6) is 0 Å². The maximum atomic E-state index is 6.84. The first-order valence-corrected chi connectivity index (χ1v) is 13.2. The van der Waals surface area contributed by atoms with Crippen LogP contribution < -0.4 is 0 Å². The normalized spacial score (nSPS) is 14.3. The Morgan fingerprint density at radius 1 is 1.29 bits per heavy atom. The Kier molecular flexibility index (Phi) is 7.46. The first kappa shape index (κ1) is 20.1. The first-order valence-electron chi connectivity index (χ1n) is 8.80. The van der Waals surface area contributed by atoms with E-state index in [4.69, 9.17) is 4.43 Å². The van der Waals surface area contributed by atoms with Crippen LogP contribution in [0.3, 0.4) is 0 Å². The van der Waals surface area contributed by atoms with Gasteiger partial charge in [-0.15, -0.1) is 11.3 Å². The number of aromatic nitrogens is 1. The second-order valence-electron chi connectivity index (χ2n) is 6.34. The van der Waals surface area contributed by atoms with E-state index in [9.17, 15) is 0 Å². The lowest BCUT2D eigenvalue weighted by molar-refractivity contribution is 0.193. The van der Waals surface area contributed by atoms with Crippen molar-refractivity contribution in [1.82, 2.24) is 4.98 Å². The Bertz CT molecular complexity index is 696. The number of halogens is 1. The molecule has 2 rings (SSSR count). The average Bonchev–Trinajstić information content (AvgIpc) is 2.94. The molecule has 0 amide bonds. The molecule has 0 aliphatic rings. The molecule has 0 unspecified atom stereocenters. The molecule has 132 valence electrons. The smallest absolute Gasteiger partial charge is 0.192 e. The van der Waals surface area contributed by atoms with Crippen LogP contribution in [-0.4, -0.2) is 13.3 Å². The minimum absolute atomic E-state index is 0.146. The highest BCUT2D eigenvalue weighted by Crippen LogP contribution is 2.34. The predicted molar refractivity (Wildman–Crippen MR) is 118 cm³/mol. The summed E-state index contributed by atoms with van der Waals surface area (Å²) in [6.45, 7) is 11.1. The standard InChI is InChI=1S/C19H28INOSSi/c1-6-24(7-2,8-3)22-18(11-9-14(4)20)16-10-12-19-17(13-16)21-15(5)23-19/h9-10,12-13,18H,6-8,11H2,1-5H3/t18-/m0/s1. The summed E-state index contributed by atoms with van der Waals surface area (Å²) in [5.41, 5.74) is 2.38. The van der Waals surface area contributed by atoms with Gasteiger partial charge in [0.25, 0.3) is 0 Å². The highest BCUT2D eigenvalue weighted by molar-refractivity contribution is 14.1. The van der Waals surface area contributed by atoms with Gasteiger partial charge in [-0.25, -0.2) is 4.98 Å². The van der Waals surface area contributed by atoms with E-state index in [0.717, 1.165) is 16.9 Å². The summed E-state index contributed by atoms with van der Waals surface area (Å²) in [6.07, 6.45) is 3.38. The van der Waals surface area contributed by atoms with E-state index in [1.165, 1.54) is 32.0 Å². The van der Waals surface area contributed by atoms with Crippen molar-refractivity contribution in [2.24, 2.45) is 0 Å². The van der Waals surface area contributed by atoms with Gasteiger partial charge in [0.1, 0.15) is 0 Å². The maximum Gasteiger partial charge on any atom is 0.192 e. The summed E-state index contributed by atoms with van der Waals surface area (Å²) in [4.78, 5) is 4.67. The fourth-order valence-corrected chi connectivity index (χ4v) is 6.98. The van der Waals surface area contributed by atoms with Crippen molar-refractivity contribution in [3.05, 3.63) is 38.4 Å².